The summed E-state index contributed by atoms with van der Waals surface area (Å²) in [5, 5.41) is 8.07. The van der Waals surface area contributed by atoms with Crippen LogP contribution < -0.4 is 9.47 Å². The summed E-state index contributed by atoms with van der Waals surface area (Å²) in [5.74, 6) is -0.0642. The van der Waals surface area contributed by atoms with Gasteiger partial charge in [0.05, 0.1) is 23.2 Å². The molecule has 2 aliphatic rings. The molecule has 0 saturated carbocycles. The zero-order valence-electron chi connectivity index (χ0n) is 19.6. The molecule has 2 aromatic carbocycles. The van der Waals surface area contributed by atoms with Crippen molar-refractivity contribution in [2.24, 2.45) is 5.10 Å². The van der Waals surface area contributed by atoms with Crippen molar-refractivity contribution >= 4 is 28.9 Å². The minimum absolute atomic E-state index is 0.152. The summed E-state index contributed by atoms with van der Waals surface area (Å²) in [4.78, 5) is 29.1. The first-order chi connectivity index (χ1) is 17.5. The first-order valence-electron chi connectivity index (χ1n) is 11.4. The maximum Gasteiger partial charge on any atom is 0.262 e. The summed E-state index contributed by atoms with van der Waals surface area (Å²) >= 11 is 1.55. The van der Waals surface area contributed by atoms with Gasteiger partial charge >= 0.3 is 0 Å². The Morgan fingerprint density at radius 2 is 2.03 bits per heavy atom. The minimum atomic E-state index is -0.522. The fraction of sp³-hybridized carbons (Fsp3) is 0.269. The van der Waals surface area contributed by atoms with Gasteiger partial charge in [0.25, 0.3) is 11.8 Å². The van der Waals surface area contributed by atoms with Crippen LogP contribution in [0.4, 0.5) is 4.39 Å². The summed E-state index contributed by atoms with van der Waals surface area (Å²) in [5.41, 5.74) is 1.80. The molecular weight excluding hydrogens is 485 g/mol. The zero-order valence-corrected chi connectivity index (χ0v) is 20.4. The number of methoxy groups -OCH3 is 1. The quantitative estimate of drug-likeness (QED) is 0.457. The number of carbonyl (C=O) groups excluding carboxylic acids is 2. The van der Waals surface area contributed by atoms with Gasteiger partial charge in [-0.25, -0.2) is 9.40 Å². The fourth-order valence-corrected chi connectivity index (χ4v) is 4.93. The highest BCUT2D eigenvalue weighted by Gasteiger charge is 2.35. The molecule has 0 spiro atoms. The van der Waals surface area contributed by atoms with Gasteiger partial charge in [0.2, 0.25) is 6.79 Å². The predicted molar refractivity (Wildman–Crippen MR) is 132 cm³/mol. The van der Waals surface area contributed by atoms with E-state index in [0.29, 0.717) is 17.9 Å². The summed E-state index contributed by atoms with van der Waals surface area (Å²) < 4.78 is 29.9. The van der Waals surface area contributed by atoms with Gasteiger partial charge in [-0.15, -0.1) is 11.3 Å². The second kappa shape index (κ2) is 10.5. The number of amides is 2. The number of nitrogens with zero attached hydrogens (tertiary/aromatic N) is 3. The van der Waals surface area contributed by atoms with Gasteiger partial charge in [-0.2, -0.15) is 5.10 Å². The number of fused-ring (bicyclic) bond motifs is 1. The Bertz CT molecular complexity index is 1300. The molecule has 2 amide bonds. The molecule has 10 heteroatoms. The largest absolute Gasteiger partial charge is 0.454 e. The minimum Gasteiger partial charge on any atom is -0.454 e. The first-order valence-corrected chi connectivity index (χ1v) is 12.3. The number of thiophene rings is 1. The molecule has 5 rings (SSSR count). The van der Waals surface area contributed by atoms with Gasteiger partial charge in [-0.1, -0.05) is 18.2 Å². The molecular formula is C26H24FN3O5S. The van der Waals surface area contributed by atoms with Gasteiger partial charge in [0.15, 0.2) is 11.5 Å². The van der Waals surface area contributed by atoms with E-state index in [1.165, 1.54) is 35.2 Å². The van der Waals surface area contributed by atoms with Crippen molar-refractivity contribution in [2.75, 3.05) is 33.6 Å². The van der Waals surface area contributed by atoms with Crippen LogP contribution in [0.15, 0.2) is 65.1 Å². The molecule has 0 bridgehead atoms. The number of halogens is 1. The average Bonchev–Trinajstić information content (AvgIpc) is 3.65. The van der Waals surface area contributed by atoms with Gasteiger partial charge in [-0.05, 0) is 47.3 Å². The molecule has 186 valence electrons. The van der Waals surface area contributed by atoms with E-state index < -0.39 is 11.7 Å². The van der Waals surface area contributed by atoms with Crippen molar-refractivity contribution in [1.29, 1.82) is 0 Å². The third kappa shape index (κ3) is 4.95. The topological polar surface area (TPSA) is 80.7 Å². The summed E-state index contributed by atoms with van der Waals surface area (Å²) in [6.45, 7) is 0.311. The number of hydrogen-bond donors (Lipinski definition) is 0. The number of rotatable bonds is 8. The number of benzene rings is 2. The van der Waals surface area contributed by atoms with Crippen molar-refractivity contribution in [2.45, 2.75) is 12.5 Å². The standard InChI is InChI=1S/C26H24FN3O5S/c1-33-10-9-29(26(32)18-4-2-5-19(27)12-18)15-25(31)30-21(14-20(28-30)24-6-3-11-36-24)17-7-8-22-23(13-17)35-16-34-22/h2-8,11-13,21H,9-10,14-16H2,1H3/t21-/m0/s1. The molecule has 0 aliphatic carbocycles. The Hall–Kier alpha value is -3.76. The lowest BCUT2D eigenvalue weighted by atomic mass is 10.0. The highest BCUT2D eigenvalue weighted by Crippen LogP contribution is 2.39. The van der Waals surface area contributed by atoms with Crippen molar-refractivity contribution in [1.82, 2.24) is 9.91 Å². The van der Waals surface area contributed by atoms with Crippen LogP contribution in [-0.2, 0) is 9.53 Å². The van der Waals surface area contributed by atoms with Crippen LogP contribution in [0.3, 0.4) is 0 Å². The van der Waals surface area contributed by atoms with Crippen LogP contribution in [0, 0.1) is 5.82 Å². The second-order valence-electron chi connectivity index (χ2n) is 8.32. The molecule has 0 N–H and O–H groups in total. The van der Waals surface area contributed by atoms with Crippen LogP contribution in [-0.4, -0.2) is 61.0 Å². The zero-order chi connectivity index (χ0) is 25.1. The van der Waals surface area contributed by atoms with E-state index in [1.54, 1.807) is 11.3 Å². The van der Waals surface area contributed by atoms with Crippen LogP contribution in [0.1, 0.15) is 33.3 Å². The van der Waals surface area contributed by atoms with Crippen LogP contribution in [0.25, 0.3) is 0 Å². The van der Waals surface area contributed by atoms with E-state index in [-0.39, 0.29) is 44.0 Å². The maximum absolute atomic E-state index is 13.8. The molecule has 0 unspecified atom stereocenters. The lowest BCUT2D eigenvalue weighted by Crippen LogP contribution is -2.42. The van der Waals surface area contributed by atoms with Crippen molar-refractivity contribution < 1.29 is 28.2 Å². The van der Waals surface area contributed by atoms with Crippen LogP contribution >= 0.6 is 11.3 Å². The van der Waals surface area contributed by atoms with Crippen LogP contribution in [0.5, 0.6) is 11.5 Å². The van der Waals surface area contributed by atoms with Gasteiger partial charge < -0.3 is 19.1 Å². The fourth-order valence-electron chi connectivity index (χ4n) is 4.21. The molecule has 1 atom stereocenters. The Kier molecular flexibility index (Phi) is 6.97. The normalized spacial score (nSPS) is 16.2. The Labute approximate surface area is 211 Å². The number of hydrazone groups is 1. The third-order valence-corrected chi connectivity index (χ3v) is 6.92. The smallest absolute Gasteiger partial charge is 0.262 e. The molecule has 2 aliphatic heterocycles. The molecule has 1 aromatic heterocycles. The van der Waals surface area contributed by atoms with Gasteiger partial charge in [-0.3, -0.25) is 9.59 Å². The number of carbonyl (C=O) groups is 2. The van der Waals surface area contributed by atoms with E-state index >= 15 is 0 Å². The molecule has 0 saturated heterocycles. The molecule has 3 heterocycles. The lowest BCUT2D eigenvalue weighted by Gasteiger charge is -2.27. The first kappa shape index (κ1) is 24.0. The highest BCUT2D eigenvalue weighted by atomic mass is 32.1. The summed E-state index contributed by atoms with van der Waals surface area (Å²) in [6, 6.07) is 14.5. The van der Waals surface area contributed by atoms with E-state index in [4.69, 9.17) is 14.2 Å². The predicted octanol–water partition coefficient (Wildman–Crippen LogP) is 4.08. The molecule has 36 heavy (non-hydrogen) atoms. The number of hydrogen-bond acceptors (Lipinski definition) is 7. The highest BCUT2D eigenvalue weighted by molar-refractivity contribution is 7.12. The molecule has 0 radical (unpaired) electrons. The Balaban J connectivity index is 1.42. The lowest BCUT2D eigenvalue weighted by molar-refractivity contribution is -0.133. The van der Waals surface area contributed by atoms with Gasteiger partial charge in [0.1, 0.15) is 12.4 Å². The van der Waals surface area contributed by atoms with Crippen molar-refractivity contribution in [3.63, 3.8) is 0 Å². The maximum atomic E-state index is 13.8. The van der Waals surface area contributed by atoms with E-state index in [9.17, 15) is 14.0 Å². The monoisotopic (exact) mass is 509 g/mol. The molecule has 3 aromatic rings. The SMILES string of the molecule is COCCN(CC(=O)N1N=C(c2cccs2)C[C@H]1c1ccc2c(c1)OCO2)C(=O)c1cccc(F)c1. The third-order valence-electron chi connectivity index (χ3n) is 6.00. The van der Waals surface area contributed by atoms with E-state index in [2.05, 4.69) is 5.10 Å². The van der Waals surface area contributed by atoms with Gasteiger partial charge in [0, 0.05) is 25.6 Å². The van der Waals surface area contributed by atoms with E-state index in [0.717, 1.165) is 22.2 Å². The number of ether oxygens (including phenoxy) is 3. The van der Waals surface area contributed by atoms with Crippen molar-refractivity contribution in [3.05, 3.63) is 81.8 Å². The second-order valence-corrected chi connectivity index (χ2v) is 9.27. The molecule has 8 nitrogen and oxygen atoms in total. The van der Waals surface area contributed by atoms with Crippen molar-refractivity contribution in [3.8, 4) is 11.5 Å². The molecule has 0 fully saturated rings. The average molecular weight is 510 g/mol. The summed E-state index contributed by atoms with van der Waals surface area (Å²) in [7, 11) is 1.51. The van der Waals surface area contributed by atoms with E-state index in [1.807, 2.05) is 35.7 Å². The van der Waals surface area contributed by atoms with Crippen LogP contribution in [0.2, 0.25) is 0 Å². The summed E-state index contributed by atoms with van der Waals surface area (Å²) in [6.07, 6.45) is 0.516. The Morgan fingerprint density at radius 3 is 2.81 bits per heavy atom. The Morgan fingerprint density at radius 1 is 1.17 bits per heavy atom.